The first-order chi connectivity index (χ1) is 26.6. The van der Waals surface area contributed by atoms with Crippen molar-refractivity contribution in [2.24, 2.45) is 28.6 Å². The van der Waals surface area contributed by atoms with Gasteiger partial charge in [-0.05, 0) is 50.3 Å². The molecular weight excluding hydrogens is 748 g/mol. The van der Waals surface area contributed by atoms with Crippen LogP contribution in [0.2, 0.25) is 0 Å². The maximum absolute atomic E-state index is 14.1. The summed E-state index contributed by atoms with van der Waals surface area (Å²) in [7, 11) is 1.18. The van der Waals surface area contributed by atoms with E-state index in [9.17, 15) is 39.3 Å². The standard InChI is InChI=1S/C41H56O16/c1-11-21(3)32(45)36(47)56-34-33(52-20-42)31(38(8)27(16-30(44)50-10)37(7)19-53-40(48,57-37)17-29(38)54-24(6)43)23(5)41(49)28(55-35(46)22(4)12-2)15-26(39(34,41)9)25-13-14-51-18-25/h12-14,18,20-21,26-29,31-34,45,48-49H,5,11,15-17,19H2,1-4,6-10H3/b22-12+/t21-,26+,27+,28-,29+,31?,32-,33-,34+,37-,38-,39-,40+,41-/m1/s1. The molecule has 16 nitrogen and oxygen atoms in total. The lowest BCUT2D eigenvalue weighted by Crippen LogP contribution is -2.72. The van der Waals surface area contributed by atoms with E-state index < -0.39 is 119 Å². The number of hydrogen-bond donors (Lipinski definition) is 3. The number of aliphatic hydroxyl groups is 3. The van der Waals surface area contributed by atoms with Gasteiger partial charge in [0.25, 0.3) is 12.4 Å². The second-order valence-corrected chi connectivity index (χ2v) is 16.6. The van der Waals surface area contributed by atoms with Gasteiger partial charge in [0.05, 0.1) is 50.1 Å². The molecule has 2 saturated heterocycles. The van der Waals surface area contributed by atoms with Crippen LogP contribution in [0, 0.1) is 28.6 Å². The first-order valence-corrected chi connectivity index (χ1v) is 19.2. The zero-order chi connectivity index (χ0) is 42.5. The van der Waals surface area contributed by atoms with E-state index in [0.29, 0.717) is 12.0 Å². The van der Waals surface area contributed by atoms with Crippen molar-refractivity contribution >= 4 is 30.3 Å². The number of carbonyl (C=O) groups excluding carboxylic acids is 5. The van der Waals surface area contributed by atoms with E-state index >= 15 is 0 Å². The molecule has 0 spiro atoms. The first kappa shape index (κ1) is 44.0. The maximum Gasteiger partial charge on any atom is 0.335 e. The highest BCUT2D eigenvalue weighted by molar-refractivity contribution is 5.88. The Morgan fingerprint density at radius 1 is 1.09 bits per heavy atom. The molecule has 4 aliphatic rings. The number of rotatable bonds is 13. The van der Waals surface area contributed by atoms with Gasteiger partial charge in [0.15, 0.2) is 6.10 Å². The van der Waals surface area contributed by atoms with Crippen LogP contribution in [0.15, 0.2) is 46.8 Å². The average Bonchev–Trinajstić information content (AvgIpc) is 3.86. The normalized spacial score (nSPS) is 39.9. The predicted octanol–water partition coefficient (Wildman–Crippen LogP) is 3.40. The highest BCUT2D eigenvalue weighted by atomic mass is 16.9. The molecule has 57 heavy (non-hydrogen) atoms. The Morgan fingerprint density at radius 2 is 1.77 bits per heavy atom. The van der Waals surface area contributed by atoms with Crippen molar-refractivity contribution in [3.63, 3.8) is 0 Å². The zero-order valence-corrected chi connectivity index (χ0v) is 34.0. The van der Waals surface area contributed by atoms with Crippen molar-refractivity contribution in [3.8, 4) is 0 Å². The van der Waals surface area contributed by atoms with Crippen molar-refractivity contribution in [2.45, 2.75) is 135 Å². The second-order valence-electron chi connectivity index (χ2n) is 16.6. The Kier molecular flexibility index (Phi) is 12.3. The van der Waals surface area contributed by atoms with Crippen molar-refractivity contribution in [2.75, 3.05) is 13.7 Å². The Morgan fingerprint density at radius 3 is 2.33 bits per heavy atom. The van der Waals surface area contributed by atoms with Crippen molar-refractivity contribution in [3.05, 3.63) is 48.0 Å². The third-order valence-electron chi connectivity index (χ3n) is 13.6. The van der Waals surface area contributed by atoms with Crippen LogP contribution in [0.5, 0.6) is 0 Å². The fourth-order valence-corrected chi connectivity index (χ4v) is 10.1. The molecule has 0 amide bonds. The highest BCUT2D eigenvalue weighted by Gasteiger charge is 2.79. The van der Waals surface area contributed by atoms with Crippen LogP contribution < -0.4 is 0 Å². The summed E-state index contributed by atoms with van der Waals surface area (Å²) in [4.78, 5) is 66.8. The summed E-state index contributed by atoms with van der Waals surface area (Å²) in [5.74, 6) is -9.75. The summed E-state index contributed by atoms with van der Waals surface area (Å²) in [5.41, 5.74) is -6.76. The van der Waals surface area contributed by atoms with E-state index in [0.717, 1.165) is 6.92 Å². The largest absolute Gasteiger partial charge is 0.472 e. The Balaban J connectivity index is 1.88. The Hall–Kier alpha value is -4.09. The first-order valence-electron chi connectivity index (χ1n) is 19.2. The van der Waals surface area contributed by atoms with Crippen LogP contribution in [0.4, 0.5) is 0 Å². The number of aliphatic hydroxyl groups excluding tert-OH is 1. The molecule has 3 heterocycles. The van der Waals surface area contributed by atoms with E-state index in [2.05, 4.69) is 6.58 Å². The molecule has 0 aromatic carbocycles. The predicted molar refractivity (Wildman–Crippen MR) is 196 cm³/mol. The second kappa shape index (κ2) is 15.9. The molecule has 2 saturated carbocycles. The van der Waals surface area contributed by atoms with Gasteiger partial charge in [-0.3, -0.25) is 14.4 Å². The van der Waals surface area contributed by atoms with E-state index in [1.807, 2.05) is 0 Å². The van der Waals surface area contributed by atoms with Gasteiger partial charge in [0.1, 0.15) is 30.0 Å². The monoisotopic (exact) mass is 804 g/mol. The summed E-state index contributed by atoms with van der Waals surface area (Å²) >= 11 is 0. The number of hydrogen-bond acceptors (Lipinski definition) is 16. The minimum Gasteiger partial charge on any atom is -0.472 e. The number of allylic oxidation sites excluding steroid dienone is 1. The van der Waals surface area contributed by atoms with Gasteiger partial charge in [-0.1, -0.05) is 46.8 Å². The molecule has 2 aliphatic carbocycles. The summed E-state index contributed by atoms with van der Waals surface area (Å²) in [6.45, 7) is 16.9. The van der Waals surface area contributed by atoms with Crippen LogP contribution in [0.25, 0.3) is 0 Å². The van der Waals surface area contributed by atoms with Gasteiger partial charge in [-0.2, -0.15) is 0 Å². The molecule has 14 atom stereocenters. The maximum atomic E-state index is 14.1. The molecule has 3 N–H and O–H groups in total. The highest BCUT2D eigenvalue weighted by Crippen LogP contribution is 2.70. The Labute approximate surface area is 331 Å². The molecule has 5 rings (SSSR count). The van der Waals surface area contributed by atoms with Crippen molar-refractivity contribution in [1.29, 1.82) is 0 Å². The van der Waals surface area contributed by atoms with Crippen molar-refractivity contribution in [1.82, 2.24) is 0 Å². The van der Waals surface area contributed by atoms with Crippen molar-refractivity contribution < 1.29 is 76.9 Å². The van der Waals surface area contributed by atoms with Crippen LogP contribution in [-0.4, -0.2) is 107 Å². The van der Waals surface area contributed by atoms with Gasteiger partial charge in [0.2, 0.25) is 0 Å². The molecule has 0 radical (unpaired) electrons. The molecule has 2 bridgehead atoms. The molecule has 1 aromatic rings. The molecule has 16 heteroatoms. The summed E-state index contributed by atoms with van der Waals surface area (Å²) in [5, 5.41) is 36.6. The molecular formula is C41H56O16. The van der Waals surface area contributed by atoms with Gasteiger partial charge < -0.3 is 52.9 Å². The van der Waals surface area contributed by atoms with Gasteiger partial charge in [0, 0.05) is 35.7 Å². The zero-order valence-electron chi connectivity index (χ0n) is 34.0. The topological polar surface area (TPSA) is 224 Å². The van der Waals surface area contributed by atoms with Crippen LogP contribution in [0.1, 0.15) is 92.6 Å². The Bertz CT molecular complexity index is 1760. The van der Waals surface area contributed by atoms with Gasteiger partial charge >= 0.3 is 23.9 Å². The lowest BCUT2D eigenvalue weighted by atomic mass is 9.46. The fourth-order valence-electron chi connectivity index (χ4n) is 10.1. The molecule has 1 aromatic heterocycles. The molecule has 2 aliphatic heterocycles. The van der Waals surface area contributed by atoms with E-state index in [-0.39, 0.29) is 30.6 Å². The molecule has 4 fully saturated rings. The summed E-state index contributed by atoms with van der Waals surface area (Å²) < 4.78 is 46.9. The van der Waals surface area contributed by atoms with Gasteiger partial charge in [-0.25, -0.2) is 9.59 Å². The lowest BCUT2D eigenvalue weighted by molar-refractivity contribution is -0.328. The number of carbonyl (C=O) groups is 5. The minimum atomic E-state index is -2.36. The lowest BCUT2D eigenvalue weighted by Gasteiger charge is -2.62. The minimum absolute atomic E-state index is 0.0825. The number of methoxy groups -OCH3 is 1. The fraction of sp³-hybridized carbons (Fsp3) is 0.683. The van der Waals surface area contributed by atoms with Crippen LogP contribution >= 0.6 is 0 Å². The third kappa shape index (κ3) is 7.10. The van der Waals surface area contributed by atoms with Crippen LogP contribution in [0.3, 0.4) is 0 Å². The average molecular weight is 805 g/mol. The molecule has 316 valence electrons. The third-order valence-corrected chi connectivity index (χ3v) is 13.6. The quantitative estimate of drug-likeness (QED) is 0.0854. The number of esters is 4. The summed E-state index contributed by atoms with van der Waals surface area (Å²) in [6.07, 6.45) is -4.07. The van der Waals surface area contributed by atoms with E-state index in [4.69, 9.17) is 37.6 Å². The van der Waals surface area contributed by atoms with Gasteiger partial charge in [-0.15, -0.1) is 0 Å². The van der Waals surface area contributed by atoms with E-state index in [1.54, 1.807) is 47.6 Å². The smallest absolute Gasteiger partial charge is 0.335 e. The van der Waals surface area contributed by atoms with Crippen LogP contribution in [-0.2, 0) is 57.1 Å². The van der Waals surface area contributed by atoms with E-state index in [1.165, 1.54) is 32.6 Å². The SMILES string of the molecule is C=C1C([C@@]2(C)[C@@H](OC(C)=O)C[C@]3(O)OC[C@@](C)(O3)[C@@H]2CC(=O)OC)[C@@H](OC=O)[C@H](OC(=O)[C@H](O)[C@H](C)CC)[C@@]2(C)[C@H](c3ccoc3)C[C@@H](OC(=O)/C(C)=C/C)[C@]12O. The molecule has 1 unspecified atom stereocenters. The summed E-state index contributed by atoms with van der Waals surface area (Å²) in [6, 6.07) is 1.64. The number of furan rings is 1. The number of fused-ring (bicyclic) bond motifs is 3. The number of ether oxygens (including phenoxy) is 7.